The number of methoxy groups -OCH3 is 1. The van der Waals surface area contributed by atoms with Crippen molar-refractivity contribution in [3.63, 3.8) is 0 Å². The largest absolute Gasteiger partial charge is 0.496 e. The van der Waals surface area contributed by atoms with Crippen molar-refractivity contribution in [3.05, 3.63) is 51.5 Å². The second kappa shape index (κ2) is 7.23. The number of aliphatic hydroxyl groups excluding tert-OH is 1. The van der Waals surface area contributed by atoms with Gasteiger partial charge in [0, 0.05) is 5.56 Å². The Labute approximate surface area is 140 Å². The highest BCUT2D eigenvalue weighted by atomic mass is 35.5. The van der Waals surface area contributed by atoms with Crippen LogP contribution in [0.1, 0.15) is 30.9 Å². The number of halogens is 2. The van der Waals surface area contributed by atoms with Crippen molar-refractivity contribution in [1.82, 2.24) is 0 Å². The van der Waals surface area contributed by atoms with Crippen LogP contribution in [0.2, 0.25) is 10.0 Å². The molecule has 2 rings (SSSR count). The molecule has 2 aromatic carbocycles. The minimum atomic E-state index is -0.168. The fraction of sp³-hybridized carbons (Fsp3) is 0.294. The van der Waals surface area contributed by atoms with Gasteiger partial charge in [-0.3, -0.25) is 0 Å². The van der Waals surface area contributed by atoms with Crippen LogP contribution < -0.4 is 9.47 Å². The Hall–Kier alpha value is -1.42. The maximum Gasteiger partial charge on any atom is 0.147 e. The Morgan fingerprint density at radius 3 is 2.32 bits per heavy atom. The molecule has 5 heteroatoms. The summed E-state index contributed by atoms with van der Waals surface area (Å²) < 4.78 is 11.2. The molecular weight excluding hydrogens is 323 g/mol. The molecule has 22 heavy (non-hydrogen) atoms. The van der Waals surface area contributed by atoms with Crippen LogP contribution in [0.15, 0.2) is 30.3 Å². The number of hydrogen-bond acceptors (Lipinski definition) is 3. The molecule has 0 heterocycles. The summed E-state index contributed by atoms with van der Waals surface area (Å²) in [7, 11) is 1.64. The summed E-state index contributed by atoms with van der Waals surface area (Å²) >= 11 is 12.3. The minimum Gasteiger partial charge on any atom is -0.496 e. The number of ether oxygens (including phenoxy) is 2. The zero-order chi connectivity index (χ0) is 16.3. The minimum absolute atomic E-state index is 0.168. The third-order valence-electron chi connectivity index (χ3n) is 3.35. The lowest BCUT2D eigenvalue weighted by Gasteiger charge is -2.15. The van der Waals surface area contributed by atoms with Gasteiger partial charge in [0.15, 0.2) is 0 Å². The molecular formula is C17H18Cl2O3. The molecule has 1 N–H and O–H groups in total. The van der Waals surface area contributed by atoms with Gasteiger partial charge >= 0.3 is 0 Å². The first-order valence-corrected chi connectivity index (χ1v) is 7.67. The molecule has 0 aliphatic carbocycles. The van der Waals surface area contributed by atoms with E-state index in [1.54, 1.807) is 19.2 Å². The summed E-state index contributed by atoms with van der Waals surface area (Å²) in [5.41, 5.74) is 1.62. The maximum atomic E-state index is 9.18. The lowest BCUT2D eigenvalue weighted by atomic mass is 10.0. The standard InChI is InChI=1S/C17H18Cl2O3/c1-10(2)13-8-12(5-7-14(13)21-3)22-15-6-4-11(9-20)16(18)17(15)19/h4-8,10,20H,9H2,1-3H3. The van der Waals surface area contributed by atoms with Crippen molar-refractivity contribution in [2.24, 2.45) is 0 Å². The van der Waals surface area contributed by atoms with Gasteiger partial charge in [0.1, 0.15) is 22.3 Å². The van der Waals surface area contributed by atoms with E-state index < -0.39 is 0 Å². The Balaban J connectivity index is 2.35. The van der Waals surface area contributed by atoms with Crippen molar-refractivity contribution >= 4 is 23.2 Å². The van der Waals surface area contributed by atoms with Crippen LogP contribution in [0, 0.1) is 0 Å². The molecule has 0 aromatic heterocycles. The molecule has 0 saturated heterocycles. The number of rotatable bonds is 5. The van der Waals surface area contributed by atoms with Gasteiger partial charge in [0.25, 0.3) is 0 Å². The van der Waals surface area contributed by atoms with E-state index in [1.807, 2.05) is 18.2 Å². The summed E-state index contributed by atoms with van der Waals surface area (Å²) in [6.07, 6.45) is 0. The number of aliphatic hydroxyl groups is 1. The van der Waals surface area contributed by atoms with Crippen LogP contribution in [0.5, 0.6) is 17.2 Å². The fourth-order valence-corrected chi connectivity index (χ4v) is 2.57. The van der Waals surface area contributed by atoms with E-state index in [2.05, 4.69) is 13.8 Å². The summed E-state index contributed by atoms with van der Waals surface area (Å²) in [5.74, 6) is 2.22. The molecule has 118 valence electrons. The van der Waals surface area contributed by atoms with E-state index in [1.165, 1.54) is 0 Å². The molecule has 0 spiro atoms. The Kier molecular flexibility index (Phi) is 5.57. The third-order valence-corrected chi connectivity index (χ3v) is 4.25. The van der Waals surface area contributed by atoms with Crippen molar-refractivity contribution in [2.45, 2.75) is 26.4 Å². The topological polar surface area (TPSA) is 38.7 Å². The summed E-state index contributed by atoms with van der Waals surface area (Å²) in [4.78, 5) is 0. The monoisotopic (exact) mass is 340 g/mol. The predicted octanol–water partition coefficient (Wildman–Crippen LogP) is 5.41. The second-order valence-electron chi connectivity index (χ2n) is 5.17. The highest BCUT2D eigenvalue weighted by molar-refractivity contribution is 6.43. The van der Waals surface area contributed by atoms with Gasteiger partial charge in [-0.15, -0.1) is 0 Å². The van der Waals surface area contributed by atoms with Crippen LogP contribution in [0.3, 0.4) is 0 Å². The van der Waals surface area contributed by atoms with Crippen LogP contribution in [-0.4, -0.2) is 12.2 Å². The van der Waals surface area contributed by atoms with Crippen molar-refractivity contribution in [1.29, 1.82) is 0 Å². The molecule has 0 fully saturated rings. The first-order chi connectivity index (χ1) is 10.5. The second-order valence-corrected chi connectivity index (χ2v) is 5.93. The normalized spacial score (nSPS) is 10.9. The van der Waals surface area contributed by atoms with E-state index in [0.717, 1.165) is 11.3 Å². The molecule has 0 aliphatic heterocycles. The molecule has 0 bridgehead atoms. The Bertz CT molecular complexity index is 669. The van der Waals surface area contributed by atoms with E-state index in [4.69, 9.17) is 32.7 Å². The van der Waals surface area contributed by atoms with E-state index in [0.29, 0.717) is 28.0 Å². The number of benzene rings is 2. The van der Waals surface area contributed by atoms with Gasteiger partial charge < -0.3 is 14.6 Å². The Morgan fingerprint density at radius 2 is 1.73 bits per heavy atom. The van der Waals surface area contributed by atoms with Crippen LogP contribution in [0.25, 0.3) is 0 Å². The van der Waals surface area contributed by atoms with Gasteiger partial charge in [0.2, 0.25) is 0 Å². The van der Waals surface area contributed by atoms with Gasteiger partial charge in [-0.25, -0.2) is 0 Å². The van der Waals surface area contributed by atoms with E-state index in [9.17, 15) is 5.11 Å². The molecule has 0 unspecified atom stereocenters. The molecule has 0 atom stereocenters. The Morgan fingerprint density at radius 1 is 1.05 bits per heavy atom. The summed E-state index contributed by atoms with van der Waals surface area (Å²) in [5, 5.41) is 9.77. The van der Waals surface area contributed by atoms with Gasteiger partial charge in [-0.1, -0.05) is 43.1 Å². The van der Waals surface area contributed by atoms with Crippen LogP contribution in [-0.2, 0) is 6.61 Å². The lowest BCUT2D eigenvalue weighted by Crippen LogP contribution is -1.96. The zero-order valence-electron chi connectivity index (χ0n) is 12.7. The molecule has 0 amide bonds. The van der Waals surface area contributed by atoms with Crippen molar-refractivity contribution in [3.8, 4) is 17.2 Å². The highest BCUT2D eigenvalue weighted by Crippen LogP contribution is 2.38. The summed E-state index contributed by atoms with van der Waals surface area (Å²) in [6, 6.07) is 8.99. The zero-order valence-corrected chi connectivity index (χ0v) is 14.2. The highest BCUT2D eigenvalue weighted by Gasteiger charge is 2.13. The van der Waals surface area contributed by atoms with Crippen LogP contribution >= 0.6 is 23.2 Å². The van der Waals surface area contributed by atoms with Crippen LogP contribution in [0.4, 0.5) is 0 Å². The average molecular weight is 341 g/mol. The van der Waals surface area contributed by atoms with Gasteiger partial charge in [-0.05, 0) is 35.7 Å². The molecule has 3 nitrogen and oxygen atoms in total. The van der Waals surface area contributed by atoms with Gasteiger partial charge in [-0.2, -0.15) is 0 Å². The van der Waals surface area contributed by atoms with Crippen molar-refractivity contribution in [2.75, 3.05) is 7.11 Å². The fourth-order valence-electron chi connectivity index (χ4n) is 2.13. The summed E-state index contributed by atoms with van der Waals surface area (Å²) in [6.45, 7) is 4.00. The predicted molar refractivity (Wildman–Crippen MR) is 89.5 cm³/mol. The first-order valence-electron chi connectivity index (χ1n) is 6.91. The molecule has 0 aliphatic rings. The average Bonchev–Trinajstić information content (AvgIpc) is 2.52. The van der Waals surface area contributed by atoms with E-state index in [-0.39, 0.29) is 11.6 Å². The molecule has 0 radical (unpaired) electrons. The lowest BCUT2D eigenvalue weighted by molar-refractivity contribution is 0.282. The quantitative estimate of drug-likeness (QED) is 0.790. The molecule has 0 saturated carbocycles. The number of hydrogen-bond donors (Lipinski definition) is 1. The van der Waals surface area contributed by atoms with E-state index >= 15 is 0 Å². The van der Waals surface area contributed by atoms with Gasteiger partial charge in [0.05, 0.1) is 18.7 Å². The molecule has 2 aromatic rings. The first kappa shape index (κ1) is 16.9. The SMILES string of the molecule is COc1ccc(Oc2ccc(CO)c(Cl)c2Cl)cc1C(C)C. The third kappa shape index (κ3) is 3.49. The maximum absolute atomic E-state index is 9.18. The van der Waals surface area contributed by atoms with Crippen molar-refractivity contribution < 1.29 is 14.6 Å². The smallest absolute Gasteiger partial charge is 0.147 e.